The SMILES string of the molecule is O=CC1CCC(Oc2ccc(F)cc2)CC1. The highest BCUT2D eigenvalue weighted by molar-refractivity contribution is 5.53. The number of ether oxygens (including phenoxy) is 1. The van der Waals surface area contributed by atoms with Gasteiger partial charge in [0.1, 0.15) is 17.9 Å². The van der Waals surface area contributed by atoms with Gasteiger partial charge in [-0.15, -0.1) is 0 Å². The number of benzene rings is 1. The topological polar surface area (TPSA) is 26.3 Å². The molecule has 0 heterocycles. The normalized spacial score (nSPS) is 25.1. The molecular weight excluding hydrogens is 207 g/mol. The van der Waals surface area contributed by atoms with Crippen LogP contribution in [0.2, 0.25) is 0 Å². The second kappa shape index (κ2) is 5.10. The van der Waals surface area contributed by atoms with Crippen LogP contribution in [-0.4, -0.2) is 12.4 Å². The molecule has 1 saturated carbocycles. The van der Waals surface area contributed by atoms with Crippen molar-refractivity contribution in [3.63, 3.8) is 0 Å². The van der Waals surface area contributed by atoms with Crippen LogP contribution in [0.5, 0.6) is 5.75 Å². The van der Waals surface area contributed by atoms with Gasteiger partial charge >= 0.3 is 0 Å². The zero-order valence-electron chi connectivity index (χ0n) is 9.06. The number of carbonyl (C=O) groups excluding carboxylic acids is 1. The molecule has 16 heavy (non-hydrogen) atoms. The minimum Gasteiger partial charge on any atom is -0.490 e. The molecule has 0 unspecified atom stereocenters. The Labute approximate surface area is 94.4 Å². The van der Waals surface area contributed by atoms with Gasteiger partial charge in [-0.2, -0.15) is 0 Å². The highest BCUT2D eigenvalue weighted by Crippen LogP contribution is 2.26. The van der Waals surface area contributed by atoms with E-state index in [9.17, 15) is 9.18 Å². The van der Waals surface area contributed by atoms with Gasteiger partial charge in [0.2, 0.25) is 0 Å². The van der Waals surface area contributed by atoms with Gasteiger partial charge in [-0.3, -0.25) is 0 Å². The maximum Gasteiger partial charge on any atom is 0.123 e. The van der Waals surface area contributed by atoms with E-state index in [-0.39, 0.29) is 17.8 Å². The summed E-state index contributed by atoms with van der Waals surface area (Å²) in [4.78, 5) is 10.6. The molecule has 0 radical (unpaired) electrons. The predicted octanol–water partition coefficient (Wildman–Crippen LogP) is 2.96. The Bertz CT molecular complexity index is 339. The zero-order chi connectivity index (χ0) is 11.4. The van der Waals surface area contributed by atoms with E-state index < -0.39 is 0 Å². The Kier molecular flexibility index (Phi) is 3.54. The molecular formula is C13H15FO2. The lowest BCUT2D eigenvalue weighted by Crippen LogP contribution is -2.24. The standard InChI is InChI=1S/C13H15FO2/c14-11-3-7-13(8-4-11)16-12-5-1-10(9-15)2-6-12/h3-4,7-10,12H,1-2,5-6H2. The first-order valence-electron chi connectivity index (χ1n) is 5.65. The van der Waals surface area contributed by atoms with Crippen LogP contribution in [0, 0.1) is 11.7 Å². The van der Waals surface area contributed by atoms with Crippen molar-refractivity contribution in [1.29, 1.82) is 0 Å². The largest absolute Gasteiger partial charge is 0.490 e. The third kappa shape index (κ3) is 2.81. The van der Waals surface area contributed by atoms with Gasteiger partial charge in [-0.25, -0.2) is 4.39 Å². The summed E-state index contributed by atoms with van der Waals surface area (Å²) in [6.45, 7) is 0. The van der Waals surface area contributed by atoms with Crippen LogP contribution in [0.25, 0.3) is 0 Å². The Morgan fingerprint density at radius 1 is 1.12 bits per heavy atom. The molecule has 2 nitrogen and oxygen atoms in total. The molecule has 1 aliphatic carbocycles. The number of hydrogen-bond acceptors (Lipinski definition) is 2. The number of aldehydes is 1. The van der Waals surface area contributed by atoms with E-state index >= 15 is 0 Å². The molecule has 0 saturated heterocycles. The Morgan fingerprint density at radius 3 is 2.31 bits per heavy atom. The van der Waals surface area contributed by atoms with Gasteiger partial charge in [0.05, 0.1) is 6.10 Å². The van der Waals surface area contributed by atoms with Gasteiger partial charge in [0, 0.05) is 5.92 Å². The van der Waals surface area contributed by atoms with E-state index in [0.29, 0.717) is 5.75 Å². The highest BCUT2D eigenvalue weighted by atomic mass is 19.1. The van der Waals surface area contributed by atoms with Crippen molar-refractivity contribution in [1.82, 2.24) is 0 Å². The summed E-state index contributed by atoms with van der Waals surface area (Å²) in [7, 11) is 0. The molecule has 1 fully saturated rings. The molecule has 0 N–H and O–H groups in total. The first kappa shape index (κ1) is 11.1. The highest BCUT2D eigenvalue weighted by Gasteiger charge is 2.21. The summed E-state index contributed by atoms with van der Waals surface area (Å²) < 4.78 is 18.4. The fourth-order valence-corrected chi connectivity index (χ4v) is 2.05. The lowest BCUT2D eigenvalue weighted by molar-refractivity contribution is -0.112. The van der Waals surface area contributed by atoms with Gasteiger partial charge < -0.3 is 9.53 Å². The van der Waals surface area contributed by atoms with E-state index in [1.54, 1.807) is 12.1 Å². The maximum atomic E-state index is 12.7. The second-order valence-electron chi connectivity index (χ2n) is 4.24. The number of hydrogen-bond donors (Lipinski definition) is 0. The molecule has 1 aromatic rings. The molecule has 0 aliphatic heterocycles. The molecule has 0 spiro atoms. The first-order chi connectivity index (χ1) is 7.78. The molecule has 0 bridgehead atoms. The lowest BCUT2D eigenvalue weighted by Gasteiger charge is -2.26. The van der Waals surface area contributed by atoms with E-state index in [0.717, 1.165) is 32.0 Å². The third-order valence-electron chi connectivity index (χ3n) is 3.03. The summed E-state index contributed by atoms with van der Waals surface area (Å²) >= 11 is 0. The number of halogens is 1. The van der Waals surface area contributed by atoms with Gasteiger partial charge in [-0.1, -0.05) is 0 Å². The summed E-state index contributed by atoms with van der Waals surface area (Å²) in [5.41, 5.74) is 0. The van der Waals surface area contributed by atoms with Crippen molar-refractivity contribution in [2.45, 2.75) is 31.8 Å². The van der Waals surface area contributed by atoms with Gasteiger partial charge in [0.15, 0.2) is 0 Å². The molecule has 0 atom stereocenters. The molecule has 0 aromatic heterocycles. The predicted molar refractivity (Wildman–Crippen MR) is 58.8 cm³/mol. The molecule has 1 aliphatic rings. The Balaban J connectivity index is 1.86. The minimum atomic E-state index is -0.253. The van der Waals surface area contributed by atoms with E-state index in [1.807, 2.05) is 0 Å². The lowest BCUT2D eigenvalue weighted by atomic mass is 9.88. The van der Waals surface area contributed by atoms with Crippen molar-refractivity contribution >= 4 is 6.29 Å². The quantitative estimate of drug-likeness (QED) is 0.735. The van der Waals surface area contributed by atoms with E-state index in [2.05, 4.69) is 0 Å². The van der Waals surface area contributed by atoms with Crippen molar-refractivity contribution in [3.8, 4) is 5.75 Å². The van der Waals surface area contributed by atoms with Crippen molar-refractivity contribution in [2.75, 3.05) is 0 Å². The second-order valence-corrected chi connectivity index (χ2v) is 4.24. The summed E-state index contributed by atoms with van der Waals surface area (Å²) in [6, 6.07) is 6.07. The Morgan fingerprint density at radius 2 is 1.75 bits per heavy atom. The molecule has 3 heteroatoms. The minimum absolute atomic E-state index is 0.168. The monoisotopic (exact) mass is 222 g/mol. The number of rotatable bonds is 3. The van der Waals surface area contributed by atoms with Crippen LogP contribution >= 0.6 is 0 Å². The smallest absolute Gasteiger partial charge is 0.123 e. The molecule has 2 rings (SSSR count). The molecule has 1 aromatic carbocycles. The Hall–Kier alpha value is -1.38. The average Bonchev–Trinajstić information content (AvgIpc) is 2.33. The van der Waals surface area contributed by atoms with Crippen molar-refractivity contribution in [2.24, 2.45) is 5.92 Å². The number of carbonyl (C=O) groups is 1. The fourth-order valence-electron chi connectivity index (χ4n) is 2.05. The molecule has 0 amide bonds. The van der Waals surface area contributed by atoms with Crippen LogP contribution in [0.1, 0.15) is 25.7 Å². The summed E-state index contributed by atoms with van der Waals surface area (Å²) in [5, 5.41) is 0. The zero-order valence-corrected chi connectivity index (χ0v) is 9.06. The maximum absolute atomic E-state index is 12.7. The first-order valence-corrected chi connectivity index (χ1v) is 5.65. The van der Waals surface area contributed by atoms with Crippen LogP contribution in [0.15, 0.2) is 24.3 Å². The summed E-state index contributed by atoms with van der Waals surface area (Å²) in [5.74, 6) is 0.654. The van der Waals surface area contributed by atoms with Crippen molar-refractivity contribution < 1.29 is 13.9 Å². The van der Waals surface area contributed by atoms with Crippen LogP contribution < -0.4 is 4.74 Å². The molecule has 86 valence electrons. The van der Waals surface area contributed by atoms with Crippen molar-refractivity contribution in [3.05, 3.63) is 30.1 Å². The fraction of sp³-hybridized carbons (Fsp3) is 0.462. The van der Waals surface area contributed by atoms with E-state index in [4.69, 9.17) is 4.74 Å². The van der Waals surface area contributed by atoms with Crippen LogP contribution in [-0.2, 0) is 4.79 Å². The summed E-state index contributed by atoms with van der Waals surface area (Å²) in [6.07, 6.45) is 4.81. The van der Waals surface area contributed by atoms with E-state index in [1.165, 1.54) is 12.1 Å². The van der Waals surface area contributed by atoms with Gasteiger partial charge in [0.25, 0.3) is 0 Å². The van der Waals surface area contributed by atoms with Crippen LogP contribution in [0.3, 0.4) is 0 Å². The average molecular weight is 222 g/mol. The van der Waals surface area contributed by atoms with Crippen LogP contribution in [0.4, 0.5) is 4.39 Å². The third-order valence-corrected chi connectivity index (χ3v) is 3.03. The van der Waals surface area contributed by atoms with Gasteiger partial charge in [-0.05, 0) is 49.9 Å².